The summed E-state index contributed by atoms with van der Waals surface area (Å²) in [6.45, 7) is 3.83. The molecule has 0 unspecified atom stereocenters. The summed E-state index contributed by atoms with van der Waals surface area (Å²) in [5.41, 5.74) is 2.60. The SMILES string of the molecule is Cc1cc(C)nc(N(C)c2ccc(S(=O)(=O)N(C)C)cc2)n1. The maximum atomic E-state index is 12.1. The fourth-order valence-corrected chi connectivity index (χ4v) is 2.93. The number of nitrogens with zero attached hydrogens (tertiary/aromatic N) is 4. The first-order valence-corrected chi connectivity index (χ1v) is 8.24. The molecule has 0 amide bonds. The topological polar surface area (TPSA) is 66.4 Å². The molecule has 0 aliphatic rings. The number of sulfonamides is 1. The van der Waals surface area contributed by atoms with Gasteiger partial charge in [0.25, 0.3) is 0 Å². The lowest BCUT2D eigenvalue weighted by molar-refractivity contribution is 0.521. The molecule has 0 fully saturated rings. The van der Waals surface area contributed by atoms with Gasteiger partial charge in [0.05, 0.1) is 4.90 Å². The van der Waals surface area contributed by atoms with Crippen molar-refractivity contribution in [1.29, 1.82) is 0 Å². The molecule has 0 atom stereocenters. The molecule has 22 heavy (non-hydrogen) atoms. The molecule has 7 heteroatoms. The molecule has 1 heterocycles. The van der Waals surface area contributed by atoms with E-state index in [1.807, 2.05) is 31.9 Å². The van der Waals surface area contributed by atoms with E-state index in [1.165, 1.54) is 18.4 Å². The van der Waals surface area contributed by atoms with Gasteiger partial charge >= 0.3 is 0 Å². The largest absolute Gasteiger partial charge is 0.314 e. The van der Waals surface area contributed by atoms with Crippen LogP contribution in [-0.4, -0.2) is 43.8 Å². The van der Waals surface area contributed by atoms with Crippen molar-refractivity contribution in [3.63, 3.8) is 0 Å². The number of rotatable bonds is 4. The number of benzene rings is 1. The number of aryl methyl sites for hydroxylation is 2. The van der Waals surface area contributed by atoms with Gasteiger partial charge < -0.3 is 4.90 Å². The molecule has 1 aromatic heterocycles. The molecule has 0 aliphatic heterocycles. The van der Waals surface area contributed by atoms with Gasteiger partial charge in [-0.25, -0.2) is 22.7 Å². The Hall–Kier alpha value is -1.99. The van der Waals surface area contributed by atoms with Gasteiger partial charge in [0.2, 0.25) is 16.0 Å². The van der Waals surface area contributed by atoms with Crippen LogP contribution in [0.3, 0.4) is 0 Å². The fourth-order valence-electron chi connectivity index (χ4n) is 2.03. The molecule has 0 saturated carbocycles. The minimum absolute atomic E-state index is 0.260. The van der Waals surface area contributed by atoms with E-state index >= 15 is 0 Å². The lowest BCUT2D eigenvalue weighted by Crippen LogP contribution is -2.22. The van der Waals surface area contributed by atoms with Crippen LogP contribution >= 0.6 is 0 Å². The van der Waals surface area contributed by atoms with Gasteiger partial charge in [-0.15, -0.1) is 0 Å². The Morgan fingerprint density at radius 3 is 1.86 bits per heavy atom. The van der Waals surface area contributed by atoms with Gasteiger partial charge in [-0.05, 0) is 44.2 Å². The summed E-state index contributed by atoms with van der Waals surface area (Å²) in [5.74, 6) is 0.584. The number of hydrogen-bond donors (Lipinski definition) is 0. The second kappa shape index (κ2) is 6.02. The van der Waals surface area contributed by atoms with Gasteiger partial charge in [0.15, 0.2) is 0 Å². The van der Waals surface area contributed by atoms with E-state index in [0.29, 0.717) is 5.95 Å². The quantitative estimate of drug-likeness (QED) is 0.863. The Morgan fingerprint density at radius 2 is 1.41 bits per heavy atom. The summed E-state index contributed by atoms with van der Waals surface area (Å²) in [5, 5.41) is 0. The third-order valence-corrected chi connectivity index (χ3v) is 5.10. The van der Waals surface area contributed by atoms with Crippen LogP contribution in [0.5, 0.6) is 0 Å². The predicted molar refractivity (Wildman–Crippen MR) is 86.9 cm³/mol. The highest BCUT2D eigenvalue weighted by Crippen LogP contribution is 2.23. The fraction of sp³-hybridized carbons (Fsp3) is 0.333. The van der Waals surface area contributed by atoms with Crippen molar-refractivity contribution in [3.05, 3.63) is 41.7 Å². The monoisotopic (exact) mass is 320 g/mol. The van der Waals surface area contributed by atoms with E-state index in [-0.39, 0.29) is 4.90 Å². The summed E-state index contributed by atoms with van der Waals surface area (Å²) < 4.78 is 25.3. The van der Waals surface area contributed by atoms with Crippen LogP contribution in [0.4, 0.5) is 11.6 Å². The number of hydrogen-bond acceptors (Lipinski definition) is 5. The summed E-state index contributed by atoms with van der Waals surface area (Å²) in [7, 11) is 1.46. The molecular formula is C15H20N4O2S. The van der Waals surface area contributed by atoms with Crippen molar-refractivity contribution in [2.75, 3.05) is 26.0 Å². The molecule has 0 bridgehead atoms. The van der Waals surface area contributed by atoms with Gasteiger partial charge in [-0.2, -0.15) is 0 Å². The summed E-state index contributed by atoms with van der Waals surface area (Å²) in [4.78, 5) is 10.9. The van der Waals surface area contributed by atoms with E-state index in [9.17, 15) is 8.42 Å². The molecular weight excluding hydrogens is 300 g/mol. The molecule has 0 N–H and O–H groups in total. The summed E-state index contributed by atoms with van der Waals surface area (Å²) in [6.07, 6.45) is 0. The molecule has 0 radical (unpaired) electrons. The Labute approximate surface area is 131 Å². The van der Waals surface area contributed by atoms with Crippen LogP contribution in [-0.2, 0) is 10.0 Å². The van der Waals surface area contributed by atoms with E-state index in [1.54, 1.807) is 24.3 Å². The highest BCUT2D eigenvalue weighted by atomic mass is 32.2. The standard InChI is InChI=1S/C15H20N4O2S/c1-11-10-12(2)17-15(16-11)19(5)13-6-8-14(9-7-13)22(20,21)18(3)4/h6-10H,1-5H3. The molecule has 2 aromatic rings. The van der Waals surface area contributed by atoms with Crippen molar-refractivity contribution in [2.24, 2.45) is 0 Å². The number of aromatic nitrogens is 2. The Kier molecular flexibility index (Phi) is 4.48. The first-order valence-electron chi connectivity index (χ1n) is 6.80. The highest BCUT2D eigenvalue weighted by molar-refractivity contribution is 7.89. The van der Waals surface area contributed by atoms with Crippen LogP contribution < -0.4 is 4.90 Å². The molecule has 2 rings (SSSR count). The summed E-state index contributed by atoms with van der Waals surface area (Å²) in [6, 6.07) is 8.58. The van der Waals surface area contributed by atoms with Gasteiger partial charge in [0, 0.05) is 38.2 Å². The molecule has 0 saturated heterocycles. The van der Waals surface area contributed by atoms with E-state index in [2.05, 4.69) is 9.97 Å². The zero-order valence-electron chi connectivity index (χ0n) is 13.4. The smallest absolute Gasteiger partial charge is 0.242 e. The van der Waals surface area contributed by atoms with E-state index in [4.69, 9.17) is 0 Å². The zero-order valence-corrected chi connectivity index (χ0v) is 14.2. The van der Waals surface area contributed by atoms with Crippen LogP contribution in [0.1, 0.15) is 11.4 Å². The van der Waals surface area contributed by atoms with Gasteiger partial charge in [-0.1, -0.05) is 0 Å². The first kappa shape index (κ1) is 16.4. The van der Waals surface area contributed by atoms with E-state index < -0.39 is 10.0 Å². The minimum Gasteiger partial charge on any atom is -0.314 e. The highest BCUT2D eigenvalue weighted by Gasteiger charge is 2.17. The van der Waals surface area contributed by atoms with Crippen LogP contribution in [0.2, 0.25) is 0 Å². The van der Waals surface area contributed by atoms with Gasteiger partial charge in [0.1, 0.15) is 0 Å². The predicted octanol–water partition coefficient (Wildman–Crippen LogP) is 2.11. The molecule has 118 valence electrons. The average molecular weight is 320 g/mol. The van der Waals surface area contributed by atoms with Crippen molar-refractivity contribution in [2.45, 2.75) is 18.7 Å². The first-order chi connectivity index (χ1) is 10.2. The van der Waals surface area contributed by atoms with Gasteiger partial charge in [-0.3, -0.25) is 0 Å². The average Bonchev–Trinajstić information content (AvgIpc) is 2.45. The second-order valence-electron chi connectivity index (χ2n) is 5.29. The summed E-state index contributed by atoms with van der Waals surface area (Å²) >= 11 is 0. The van der Waals surface area contributed by atoms with Crippen molar-refractivity contribution in [1.82, 2.24) is 14.3 Å². The molecule has 0 spiro atoms. The Morgan fingerprint density at radius 1 is 0.909 bits per heavy atom. The molecule has 6 nitrogen and oxygen atoms in total. The normalized spacial score (nSPS) is 11.7. The third kappa shape index (κ3) is 3.26. The van der Waals surface area contributed by atoms with Crippen LogP contribution in [0.25, 0.3) is 0 Å². The Bertz CT molecular complexity index is 750. The van der Waals surface area contributed by atoms with Crippen LogP contribution in [0.15, 0.2) is 35.2 Å². The zero-order chi connectivity index (χ0) is 16.5. The maximum Gasteiger partial charge on any atom is 0.242 e. The van der Waals surface area contributed by atoms with Crippen molar-refractivity contribution in [3.8, 4) is 0 Å². The third-order valence-electron chi connectivity index (χ3n) is 3.27. The lowest BCUT2D eigenvalue weighted by atomic mass is 10.3. The molecule has 0 aliphatic carbocycles. The van der Waals surface area contributed by atoms with Crippen molar-refractivity contribution < 1.29 is 8.42 Å². The molecule has 1 aromatic carbocycles. The maximum absolute atomic E-state index is 12.1. The van der Waals surface area contributed by atoms with Crippen molar-refractivity contribution >= 4 is 21.7 Å². The Balaban J connectivity index is 2.34. The lowest BCUT2D eigenvalue weighted by Gasteiger charge is -2.19. The minimum atomic E-state index is -3.41. The van der Waals surface area contributed by atoms with E-state index in [0.717, 1.165) is 17.1 Å². The second-order valence-corrected chi connectivity index (χ2v) is 7.44. The number of anilines is 2. The van der Waals surface area contributed by atoms with Crippen LogP contribution in [0, 0.1) is 13.8 Å².